The van der Waals surface area contributed by atoms with E-state index in [-0.39, 0.29) is 49.9 Å². The van der Waals surface area contributed by atoms with E-state index in [1.54, 1.807) is 43.0 Å². The van der Waals surface area contributed by atoms with Crippen LogP contribution >= 0.6 is 0 Å². The maximum atomic E-state index is 14.9. The topological polar surface area (TPSA) is 237 Å². The lowest BCUT2D eigenvalue weighted by atomic mass is 9.67. The molecular formula is C89H108F8N7O9S+. The molecule has 4 unspecified atom stereocenters. The van der Waals surface area contributed by atoms with Crippen molar-refractivity contribution in [2.45, 2.75) is 235 Å². The second-order valence-corrected chi connectivity index (χ2v) is 33.7. The van der Waals surface area contributed by atoms with Crippen LogP contribution in [0.1, 0.15) is 248 Å². The Bertz CT molecular complexity index is 4360. The molecule has 2 saturated heterocycles. The fourth-order valence-electron chi connectivity index (χ4n) is 19.2. The predicted octanol–water partition coefficient (Wildman–Crippen LogP) is 19.6. The molecule has 5 N–H and O–H groups in total. The number of aryl methyl sites for hydroxylation is 4. The minimum atomic E-state index is -4.56. The average Bonchev–Trinajstić information content (AvgIpc) is 1.56. The number of quaternary nitrogens is 1. The minimum Gasteiger partial charge on any atom is -0.382 e. The van der Waals surface area contributed by atoms with Crippen molar-refractivity contribution in [1.82, 2.24) is 9.80 Å². The number of alkyl halides is 6. The van der Waals surface area contributed by atoms with Gasteiger partial charge in [-0.1, -0.05) is 115 Å². The molecule has 2 heterocycles. The molecule has 6 aliphatic carbocycles. The Labute approximate surface area is 665 Å². The molecule has 614 valence electrons. The van der Waals surface area contributed by atoms with Crippen LogP contribution in [0.2, 0.25) is 0 Å². The third-order valence-corrected chi connectivity index (χ3v) is 26.3. The van der Waals surface area contributed by atoms with Crippen molar-refractivity contribution in [3.8, 4) is 6.07 Å². The van der Waals surface area contributed by atoms with Crippen LogP contribution in [0.5, 0.6) is 0 Å². The van der Waals surface area contributed by atoms with E-state index in [1.165, 1.54) is 107 Å². The lowest BCUT2D eigenvalue weighted by molar-refractivity contribution is -0.609. The molecule has 0 aromatic heterocycles. The van der Waals surface area contributed by atoms with Gasteiger partial charge in [0, 0.05) is 66.8 Å². The van der Waals surface area contributed by atoms with Crippen LogP contribution in [0.4, 0.5) is 57.9 Å². The van der Waals surface area contributed by atoms with E-state index in [4.69, 9.17) is 17.9 Å². The van der Waals surface area contributed by atoms with Gasteiger partial charge in [0.1, 0.15) is 28.9 Å². The number of nitrogens with one attached hydrogen (secondary N) is 3. The van der Waals surface area contributed by atoms with Gasteiger partial charge < -0.3 is 31.1 Å². The largest absolute Gasteiger partial charge is 0.425 e. The zero-order valence-electron chi connectivity index (χ0n) is 67.0. The molecule has 8 fully saturated rings. The van der Waals surface area contributed by atoms with Crippen LogP contribution in [-0.2, 0) is 42.1 Å². The van der Waals surface area contributed by atoms with Gasteiger partial charge in [0.25, 0.3) is 11.8 Å². The zero-order valence-corrected chi connectivity index (χ0v) is 67.9. The summed E-state index contributed by atoms with van der Waals surface area (Å²) in [6, 6.07) is 32.9. The molecule has 25 heteroatoms. The van der Waals surface area contributed by atoms with Gasteiger partial charge in [-0.15, -0.1) is 12.6 Å². The van der Waals surface area contributed by atoms with Crippen LogP contribution in [0.3, 0.4) is 0 Å². The molecule has 8 atom stereocenters. The number of nitrogens with zero attached hydrogens (tertiary/aromatic N) is 3. The Morgan fingerprint density at radius 1 is 0.535 bits per heavy atom. The Balaban J connectivity index is 0.000000191. The third-order valence-electron chi connectivity index (χ3n) is 26.3. The first-order valence-corrected chi connectivity index (χ1v) is 40.8. The number of amides is 4. The van der Waals surface area contributed by atoms with Gasteiger partial charge in [0.15, 0.2) is 0 Å². The van der Waals surface area contributed by atoms with Gasteiger partial charge in [-0.2, -0.15) is 31.6 Å². The van der Waals surface area contributed by atoms with Crippen molar-refractivity contribution in [3.05, 3.63) is 189 Å². The van der Waals surface area contributed by atoms with Crippen molar-refractivity contribution in [2.75, 3.05) is 29.0 Å². The number of halogens is 8. The van der Waals surface area contributed by atoms with E-state index in [2.05, 4.69) is 62.8 Å². The number of ketones is 2. The fourth-order valence-corrected chi connectivity index (χ4v) is 19.2. The maximum absolute atomic E-state index is 14.9. The number of rotatable bonds is 13. The monoisotopic (exact) mass is 1600 g/mol. The number of benzene rings is 6. The normalized spacial score (nSPS) is 23.8. The van der Waals surface area contributed by atoms with E-state index in [0.29, 0.717) is 96.4 Å². The van der Waals surface area contributed by atoms with E-state index in [0.717, 1.165) is 86.9 Å². The molecule has 0 spiro atoms. The van der Waals surface area contributed by atoms with Gasteiger partial charge in [0.05, 0.1) is 58.3 Å². The quantitative estimate of drug-likeness (QED) is 0.0627. The highest BCUT2D eigenvalue weighted by Crippen LogP contribution is 2.66. The van der Waals surface area contributed by atoms with Crippen molar-refractivity contribution in [3.63, 3.8) is 0 Å². The molecule has 6 aromatic carbocycles. The summed E-state index contributed by atoms with van der Waals surface area (Å²) in [6.45, 7) is 21.6. The lowest BCUT2D eigenvalue weighted by Crippen LogP contribution is -2.83. The molecule has 2 aliphatic heterocycles. The smallest absolute Gasteiger partial charge is 0.382 e. The highest BCUT2D eigenvalue weighted by atomic mass is 32.2. The predicted molar refractivity (Wildman–Crippen MR) is 422 cm³/mol. The number of nitriles is 1. The van der Waals surface area contributed by atoms with Gasteiger partial charge in [-0.05, 0) is 241 Å². The average molecular weight is 1600 g/mol. The summed E-state index contributed by atoms with van der Waals surface area (Å²) in [7, 11) is -3.11. The number of carbonyl (C=O) groups excluding carboxylic acids is 6. The first-order valence-electron chi connectivity index (χ1n) is 39.8. The van der Waals surface area contributed by atoms with Crippen molar-refractivity contribution < 1.29 is 81.8 Å². The van der Waals surface area contributed by atoms with Crippen LogP contribution < -0.4 is 21.3 Å². The van der Waals surface area contributed by atoms with E-state index >= 15 is 0 Å². The van der Waals surface area contributed by atoms with Gasteiger partial charge in [-0.25, -0.2) is 8.78 Å². The molecule has 6 saturated carbocycles. The molecular weight excluding hydrogens is 1500 g/mol. The first-order chi connectivity index (χ1) is 53.7. The number of carbonyl (C=O) groups is 6. The Kier molecular flexibility index (Phi) is 29.0. The highest BCUT2D eigenvalue weighted by molar-refractivity contribution is 7.59. The fraction of sp³-hybridized carbons (Fsp3) is 0.517. The lowest BCUT2D eigenvalue weighted by Gasteiger charge is -2.41. The van der Waals surface area contributed by atoms with Crippen LogP contribution in [0.25, 0.3) is 0 Å². The number of anilines is 3. The molecule has 4 amide bonds. The molecule has 114 heavy (non-hydrogen) atoms. The number of hydrogen-bond acceptors (Lipinski definition) is 11. The van der Waals surface area contributed by atoms with Gasteiger partial charge in [0.2, 0.25) is 11.8 Å². The molecule has 4 bridgehead atoms. The summed E-state index contributed by atoms with van der Waals surface area (Å²) in [6.07, 6.45) is 9.62. The van der Waals surface area contributed by atoms with E-state index in [9.17, 15) is 63.9 Å². The summed E-state index contributed by atoms with van der Waals surface area (Å²) >= 11 is 0. The number of fused-ring (bicyclic) bond motifs is 4. The zero-order chi connectivity index (χ0) is 83.6. The Morgan fingerprint density at radius 2 is 0.939 bits per heavy atom. The summed E-state index contributed by atoms with van der Waals surface area (Å²) in [4.78, 5) is 81.6. The van der Waals surface area contributed by atoms with Gasteiger partial charge >= 0.3 is 23.0 Å². The molecule has 6 aromatic rings. The highest BCUT2D eigenvalue weighted by Gasteiger charge is 2.63. The first kappa shape index (κ1) is 88.8. The minimum absolute atomic E-state index is 0.0255. The SMILES string of the molecule is CC#N.CC12CCC(CC1=O)C2(C)C.CCC12CCC(CC1=O)C2(C)C.Cc1ccc(NC(=O)[C@H]2CCCN(C(=O)c3c(C)cccc3F)[C@H]2c2ccc(NC3CCCC3)cc2)cc1C(F)(F)F.Cc1ccc(NC(=O)[C@H]2CCCN(C(=O)c3c(C)cccc3F)[C@H]2c2ccc([NH2+]C3CCCC3)cc2)cc1C(F)(F)F.O=S(=O)=O. The number of Topliss-reactive ketones (excluding diaryl/α,β-unsaturated/α-hetero) is 2. The Hall–Kier alpha value is -9.15. The van der Waals surface area contributed by atoms with E-state index < -0.39 is 93.3 Å². The summed E-state index contributed by atoms with van der Waals surface area (Å²) in [5.74, 6) is -2.37. The van der Waals surface area contributed by atoms with Gasteiger partial charge in [-0.3, -0.25) is 28.8 Å². The van der Waals surface area contributed by atoms with Crippen molar-refractivity contribution in [1.29, 1.82) is 5.26 Å². The third kappa shape index (κ3) is 19.8. The summed E-state index contributed by atoms with van der Waals surface area (Å²) in [5.41, 5.74) is 3.52. The Morgan fingerprint density at radius 3 is 1.29 bits per heavy atom. The second-order valence-electron chi connectivity index (χ2n) is 33.3. The number of piperidine rings is 2. The van der Waals surface area contributed by atoms with E-state index in [1.807, 2.05) is 48.5 Å². The standard InChI is InChI=1S/2C33H35F4N3O2.C11H18O.C10H16O.C2H3N.O3S/c2*1-20-12-15-25(19-27(20)33(35,36)37)39-31(41)26-10-6-18-40(32(42)29-21(2)7-5-11-28(29)34)30(26)22-13-16-24(17-14-22)38-23-8-3-4-9-23;1-4-11-6-5-8(7-9(11)12)10(11,2)3;1-9(2)7-4-5-10(9,3)8(11)6-7;1-2-3;1-4(2)3/h2*5,7,11-17,19,23,26,30,38H,3-4,6,8-10,18H2,1-2H3,(H,39,41);8H,4-7H2,1-3H3;7H,4-6H2,1-3H3;1H3;/p+1/t2*26-,30-;;;;/m00..../s1. The van der Waals surface area contributed by atoms with Crippen LogP contribution in [0.15, 0.2) is 121 Å². The summed E-state index contributed by atoms with van der Waals surface area (Å²) < 4.78 is 136. The number of nitrogens with two attached hydrogens (primary N) is 1. The van der Waals surface area contributed by atoms with Crippen molar-refractivity contribution in [2.24, 2.45) is 45.3 Å². The van der Waals surface area contributed by atoms with Crippen LogP contribution in [-0.4, -0.2) is 82.8 Å². The molecule has 16 nitrogen and oxygen atoms in total. The number of hydrogen-bond donors (Lipinski definition) is 4. The van der Waals surface area contributed by atoms with Crippen LogP contribution in [0, 0.1) is 96.0 Å². The van der Waals surface area contributed by atoms with Crippen molar-refractivity contribution >= 4 is 68.6 Å². The molecule has 0 radical (unpaired) electrons. The second kappa shape index (κ2) is 37.2. The number of likely N-dealkylation sites (tertiary alicyclic amines) is 2. The molecule has 14 rings (SSSR count). The summed E-state index contributed by atoms with van der Waals surface area (Å²) in [5, 5.41) is 18.5. The maximum Gasteiger partial charge on any atom is 0.425 e. The molecule has 8 aliphatic rings.